The van der Waals surface area contributed by atoms with Crippen LogP contribution in [0.5, 0.6) is 5.75 Å². The molecule has 4 rings (SSSR count). The Balaban J connectivity index is 1.39. The van der Waals surface area contributed by atoms with Crippen molar-refractivity contribution >= 4 is 21.5 Å². The van der Waals surface area contributed by atoms with Crippen LogP contribution in [0.15, 0.2) is 45.8 Å². The van der Waals surface area contributed by atoms with Crippen molar-refractivity contribution in [2.75, 3.05) is 43.9 Å². The van der Waals surface area contributed by atoms with Crippen LogP contribution >= 0.6 is 0 Å². The van der Waals surface area contributed by atoms with E-state index in [4.69, 9.17) is 4.74 Å². The van der Waals surface area contributed by atoms with Crippen molar-refractivity contribution in [2.45, 2.75) is 30.5 Å². The molecule has 1 aromatic heterocycles. The highest BCUT2D eigenvalue weighted by Gasteiger charge is 2.39. The second-order valence-corrected chi connectivity index (χ2v) is 10.5. The predicted octanol–water partition coefficient (Wildman–Crippen LogP) is 3.45. The molecule has 0 bridgehead atoms. The van der Waals surface area contributed by atoms with E-state index in [1.807, 2.05) is 0 Å². The monoisotopic (exact) mass is 482 g/mol. The first-order valence-electron chi connectivity index (χ1n) is 10.6. The summed E-state index contributed by atoms with van der Waals surface area (Å²) in [4.78, 5) is 19.8. The molecule has 0 N–H and O–H groups in total. The van der Waals surface area contributed by atoms with Crippen molar-refractivity contribution in [1.29, 1.82) is 0 Å². The number of hydrogen-bond donors (Lipinski definition) is 0. The molecule has 0 saturated carbocycles. The van der Waals surface area contributed by atoms with Gasteiger partial charge >= 0.3 is 12.1 Å². The number of ether oxygens (including phenoxy) is 1. The van der Waals surface area contributed by atoms with Crippen LogP contribution in [0.3, 0.4) is 0 Å². The molecule has 0 spiro atoms. The van der Waals surface area contributed by atoms with Crippen LogP contribution in [-0.2, 0) is 20.9 Å². The van der Waals surface area contributed by atoms with Gasteiger partial charge in [0.25, 0.3) is 0 Å². The number of piperazine rings is 1. The molecule has 33 heavy (non-hydrogen) atoms. The Bertz CT molecular complexity index is 1150. The average molecular weight is 483 g/mol. The van der Waals surface area contributed by atoms with Gasteiger partial charge in [-0.1, -0.05) is 12.1 Å². The van der Waals surface area contributed by atoms with Crippen molar-refractivity contribution in [3.8, 4) is 5.75 Å². The normalized spacial score (nSPS) is 19.4. The predicted molar refractivity (Wildman–Crippen MR) is 118 cm³/mol. The maximum atomic E-state index is 12.5. The first-order chi connectivity index (χ1) is 15.5. The number of anilines is 1. The molecule has 1 amide bonds. The molecule has 1 saturated heterocycles. The molecule has 1 aromatic carbocycles. The maximum Gasteiger partial charge on any atom is 0.474 e. The zero-order chi connectivity index (χ0) is 23.8. The van der Waals surface area contributed by atoms with Crippen LogP contribution in [0.1, 0.15) is 24.1 Å². The number of carbonyl (C=O) groups is 1. The highest BCUT2D eigenvalue weighted by Crippen LogP contribution is 2.31. The number of hydrogen-bond acceptors (Lipinski definition) is 6. The SMILES string of the molecule is C[C@@H](c1ccc2c(c1)OCC2)N1CCN(c2ccc(S(C)(=O)=NC(=O)C(F)(F)F)cn2)CC1. The molecular weight excluding hydrogens is 457 g/mol. The smallest absolute Gasteiger partial charge is 0.474 e. The van der Waals surface area contributed by atoms with Gasteiger partial charge in [0, 0.05) is 51.1 Å². The van der Waals surface area contributed by atoms with E-state index in [1.54, 1.807) is 6.07 Å². The number of alkyl halides is 3. The number of benzene rings is 1. The molecular formula is C22H25F3N4O3S. The summed E-state index contributed by atoms with van der Waals surface area (Å²) >= 11 is 0. The standard InChI is InChI=1S/C22H25F3N4O3S/c1-15(17-4-3-16-7-12-32-19(16)13-17)28-8-10-29(11-9-28)20-6-5-18(14-26-20)33(2,31)27-21(30)22(23,24)25/h3-6,13-15H,7-12H2,1-2H3/t15-,33?/m0/s1. The van der Waals surface area contributed by atoms with E-state index >= 15 is 0 Å². The van der Waals surface area contributed by atoms with Gasteiger partial charge in [0.1, 0.15) is 11.6 Å². The van der Waals surface area contributed by atoms with Crippen molar-refractivity contribution in [1.82, 2.24) is 9.88 Å². The Hall–Kier alpha value is -2.66. The quantitative estimate of drug-likeness (QED) is 0.665. The van der Waals surface area contributed by atoms with E-state index in [-0.39, 0.29) is 10.9 Å². The molecule has 2 atom stereocenters. The molecule has 0 radical (unpaired) electrons. The minimum Gasteiger partial charge on any atom is -0.493 e. The summed E-state index contributed by atoms with van der Waals surface area (Å²) in [6.45, 7) is 5.96. The fourth-order valence-corrected chi connectivity index (χ4v) is 5.13. The van der Waals surface area contributed by atoms with Gasteiger partial charge < -0.3 is 9.64 Å². The first kappa shape index (κ1) is 23.5. The zero-order valence-electron chi connectivity index (χ0n) is 18.3. The van der Waals surface area contributed by atoms with Gasteiger partial charge in [-0.3, -0.25) is 9.69 Å². The minimum atomic E-state index is -5.16. The number of fused-ring (bicyclic) bond motifs is 1. The number of halogens is 3. The highest BCUT2D eigenvalue weighted by atomic mass is 32.2. The largest absolute Gasteiger partial charge is 0.493 e. The minimum absolute atomic E-state index is 0.0186. The zero-order valence-corrected chi connectivity index (χ0v) is 19.2. The average Bonchev–Trinajstić information content (AvgIpc) is 3.26. The van der Waals surface area contributed by atoms with E-state index in [2.05, 4.69) is 44.3 Å². The van der Waals surface area contributed by atoms with E-state index in [1.165, 1.54) is 23.4 Å². The molecule has 1 fully saturated rings. The Kier molecular flexibility index (Phi) is 6.37. The third-order valence-corrected chi connectivity index (χ3v) is 7.68. The molecule has 2 aromatic rings. The highest BCUT2D eigenvalue weighted by molar-refractivity contribution is 7.93. The molecule has 0 aliphatic carbocycles. The lowest BCUT2D eigenvalue weighted by atomic mass is 10.0. The fourth-order valence-electron chi connectivity index (χ4n) is 4.04. The summed E-state index contributed by atoms with van der Waals surface area (Å²) in [5, 5.41) is 0. The summed E-state index contributed by atoms with van der Waals surface area (Å²) in [6, 6.07) is 9.66. The summed E-state index contributed by atoms with van der Waals surface area (Å²) in [5.74, 6) is -0.757. The topological polar surface area (TPSA) is 75.1 Å². The van der Waals surface area contributed by atoms with Gasteiger partial charge in [-0.15, -0.1) is 4.36 Å². The number of rotatable bonds is 4. The summed E-state index contributed by atoms with van der Waals surface area (Å²) < 4.78 is 58.4. The fraction of sp³-hybridized carbons (Fsp3) is 0.455. The Morgan fingerprint density at radius 1 is 1.18 bits per heavy atom. The van der Waals surface area contributed by atoms with Crippen LogP contribution in [0.25, 0.3) is 0 Å². The van der Waals surface area contributed by atoms with Crippen molar-refractivity contribution < 1.29 is 26.9 Å². The molecule has 11 heteroatoms. The Morgan fingerprint density at radius 2 is 1.91 bits per heavy atom. The van der Waals surface area contributed by atoms with Crippen LogP contribution in [0, 0.1) is 0 Å². The second-order valence-electron chi connectivity index (χ2n) is 8.21. The van der Waals surface area contributed by atoms with Gasteiger partial charge in [-0.2, -0.15) is 13.2 Å². The Labute approximate surface area is 190 Å². The van der Waals surface area contributed by atoms with Gasteiger partial charge in [0.15, 0.2) is 0 Å². The van der Waals surface area contributed by atoms with E-state index in [0.717, 1.165) is 51.2 Å². The number of pyridine rings is 1. The number of nitrogens with zero attached hydrogens (tertiary/aromatic N) is 4. The molecule has 1 unspecified atom stereocenters. The van der Waals surface area contributed by atoms with E-state index in [0.29, 0.717) is 5.82 Å². The van der Waals surface area contributed by atoms with Crippen LogP contribution in [0.4, 0.5) is 19.0 Å². The van der Waals surface area contributed by atoms with E-state index in [9.17, 15) is 22.2 Å². The lowest BCUT2D eigenvalue weighted by molar-refractivity contribution is -0.169. The summed E-state index contributed by atoms with van der Waals surface area (Å²) in [5.41, 5.74) is 2.46. The molecule has 2 aliphatic heterocycles. The van der Waals surface area contributed by atoms with Crippen LogP contribution in [0.2, 0.25) is 0 Å². The third kappa shape index (κ3) is 5.14. The van der Waals surface area contributed by atoms with Crippen molar-refractivity contribution in [3.05, 3.63) is 47.7 Å². The van der Waals surface area contributed by atoms with Crippen LogP contribution < -0.4 is 9.64 Å². The number of aromatic nitrogens is 1. The van der Waals surface area contributed by atoms with Gasteiger partial charge in [0.2, 0.25) is 0 Å². The molecule has 7 nitrogen and oxygen atoms in total. The number of amides is 1. The number of carbonyl (C=O) groups excluding carboxylic acids is 1. The third-order valence-electron chi connectivity index (χ3n) is 6.05. The second kappa shape index (κ2) is 8.94. The van der Waals surface area contributed by atoms with Crippen molar-refractivity contribution in [2.24, 2.45) is 4.36 Å². The van der Waals surface area contributed by atoms with Gasteiger partial charge in [-0.05, 0) is 36.2 Å². The van der Waals surface area contributed by atoms with Crippen LogP contribution in [-0.4, -0.2) is 65.2 Å². The lowest BCUT2D eigenvalue weighted by Crippen LogP contribution is -2.47. The molecule has 2 aliphatic rings. The maximum absolute atomic E-state index is 12.5. The van der Waals surface area contributed by atoms with E-state index < -0.39 is 21.8 Å². The van der Waals surface area contributed by atoms with Gasteiger partial charge in [0.05, 0.1) is 21.2 Å². The first-order valence-corrected chi connectivity index (χ1v) is 12.5. The summed E-state index contributed by atoms with van der Waals surface area (Å²) in [6.07, 6.45) is -1.98. The molecule has 3 heterocycles. The van der Waals surface area contributed by atoms with Crippen molar-refractivity contribution in [3.63, 3.8) is 0 Å². The van der Waals surface area contributed by atoms with Gasteiger partial charge in [-0.25, -0.2) is 9.19 Å². The Morgan fingerprint density at radius 3 is 2.55 bits per heavy atom. The molecule has 178 valence electrons. The summed E-state index contributed by atoms with van der Waals surface area (Å²) in [7, 11) is -3.54. The lowest BCUT2D eigenvalue weighted by Gasteiger charge is -2.38.